The predicted octanol–water partition coefficient (Wildman–Crippen LogP) is 4.13. The summed E-state index contributed by atoms with van der Waals surface area (Å²) >= 11 is 0. The maximum absolute atomic E-state index is 6.88. The van der Waals surface area contributed by atoms with E-state index in [1.54, 1.807) is 0 Å². The van der Waals surface area contributed by atoms with Gasteiger partial charge in [0.15, 0.2) is 0 Å². The molecule has 0 unspecified atom stereocenters. The Kier molecular flexibility index (Phi) is 5.47. The molecule has 3 heteroatoms. The molecule has 0 spiro atoms. The highest BCUT2D eigenvalue weighted by molar-refractivity contribution is 6.99. The van der Waals surface area contributed by atoms with Gasteiger partial charge in [0.1, 0.15) is 6.10 Å². The molecule has 0 amide bonds. The standard InChI is InChI=1S/C22H30O2Si/c1-5-12-20-21(24-20)17-23-25(22(2,3)4,18-13-8-6-9-14-18)19-15-10-7-11-16-19/h6-11,13-16,20-21H,5,12,17H2,1-4H3/t20-,21-/m0/s1. The number of benzene rings is 2. The van der Waals surface area contributed by atoms with Crippen molar-refractivity contribution in [2.24, 2.45) is 0 Å². The van der Waals surface area contributed by atoms with Crippen LogP contribution in [-0.4, -0.2) is 27.1 Å². The van der Waals surface area contributed by atoms with Gasteiger partial charge < -0.3 is 9.16 Å². The van der Waals surface area contributed by atoms with Gasteiger partial charge in [0.05, 0.1) is 12.7 Å². The minimum Gasteiger partial charge on any atom is -0.405 e. The Morgan fingerprint density at radius 3 is 1.84 bits per heavy atom. The topological polar surface area (TPSA) is 21.8 Å². The van der Waals surface area contributed by atoms with E-state index in [2.05, 4.69) is 88.4 Å². The second kappa shape index (κ2) is 7.44. The van der Waals surface area contributed by atoms with Crippen LogP contribution in [0.15, 0.2) is 60.7 Å². The third kappa shape index (κ3) is 3.74. The molecule has 0 saturated carbocycles. The normalized spacial score (nSPS) is 20.5. The van der Waals surface area contributed by atoms with Gasteiger partial charge in [-0.25, -0.2) is 0 Å². The quantitative estimate of drug-likeness (QED) is 0.551. The third-order valence-electron chi connectivity index (χ3n) is 5.14. The Hall–Kier alpha value is -1.42. The van der Waals surface area contributed by atoms with Crippen LogP contribution >= 0.6 is 0 Å². The molecule has 2 aromatic rings. The van der Waals surface area contributed by atoms with Gasteiger partial charge >= 0.3 is 0 Å². The summed E-state index contributed by atoms with van der Waals surface area (Å²) in [6.07, 6.45) is 2.96. The van der Waals surface area contributed by atoms with Crippen molar-refractivity contribution in [3.8, 4) is 0 Å². The Labute approximate surface area is 153 Å². The average molecular weight is 355 g/mol. The number of epoxide rings is 1. The molecule has 1 aliphatic rings. The van der Waals surface area contributed by atoms with Crippen molar-refractivity contribution in [3.05, 3.63) is 60.7 Å². The molecule has 1 saturated heterocycles. The van der Waals surface area contributed by atoms with Crippen LogP contribution in [0.4, 0.5) is 0 Å². The SMILES string of the molecule is CCC[C@@H]1O[C@H]1CO[Si](c1ccccc1)(c1ccccc1)C(C)(C)C. The van der Waals surface area contributed by atoms with E-state index in [0.717, 1.165) is 6.42 Å². The van der Waals surface area contributed by atoms with Gasteiger partial charge in [0.2, 0.25) is 0 Å². The maximum atomic E-state index is 6.88. The van der Waals surface area contributed by atoms with Crippen molar-refractivity contribution >= 4 is 18.7 Å². The summed E-state index contributed by atoms with van der Waals surface area (Å²) in [5.74, 6) is 0. The minimum atomic E-state index is -2.40. The zero-order valence-corrected chi connectivity index (χ0v) is 16.9. The van der Waals surface area contributed by atoms with Gasteiger partial charge in [0.25, 0.3) is 8.32 Å². The predicted molar refractivity (Wildman–Crippen MR) is 107 cm³/mol. The summed E-state index contributed by atoms with van der Waals surface area (Å²) in [4.78, 5) is 0. The molecule has 0 aromatic heterocycles. The number of hydrogen-bond donors (Lipinski definition) is 0. The summed E-state index contributed by atoms with van der Waals surface area (Å²) < 4.78 is 12.7. The lowest BCUT2D eigenvalue weighted by Gasteiger charge is -2.43. The first-order chi connectivity index (χ1) is 12.0. The molecule has 25 heavy (non-hydrogen) atoms. The molecule has 2 aromatic carbocycles. The van der Waals surface area contributed by atoms with E-state index in [1.807, 2.05) is 0 Å². The van der Waals surface area contributed by atoms with E-state index < -0.39 is 8.32 Å². The molecule has 3 rings (SSSR count). The van der Waals surface area contributed by atoms with Gasteiger partial charge in [-0.2, -0.15) is 0 Å². The Bertz CT molecular complexity index is 624. The molecule has 1 heterocycles. The number of rotatable bonds is 7. The third-order valence-corrected chi connectivity index (χ3v) is 10.1. The minimum absolute atomic E-state index is 0.0326. The van der Waals surface area contributed by atoms with Crippen LogP contribution in [0.2, 0.25) is 5.04 Å². The number of ether oxygens (including phenoxy) is 1. The van der Waals surface area contributed by atoms with Gasteiger partial charge in [-0.3, -0.25) is 0 Å². The molecule has 0 radical (unpaired) electrons. The fraction of sp³-hybridized carbons (Fsp3) is 0.455. The molecule has 2 atom stereocenters. The van der Waals surface area contributed by atoms with Crippen LogP contribution < -0.4 is 10.4 Å². The summed E-state index contributed by atoms with van der Waals surface area (Å²) in [6, 6.07) is 21.6. The van der Waals surface area contributed by atoms with Crippen molar-refractivity contribution < 1.29 is 9.16 Å². The van der Waals surface area contributed by atoms with E-state index in [1.165, 1.54) is 16.8 Å². The lowest BCUT2D eigenvalue weighted by Crippen LogP contribution is -2.66. The monoisotopic (exact) mass is 354 g/mol. The second-order valence-corrected chi connectivity index (χ2v) is 12.3. The van der Waals surface area contributed by atoms with E-state index in [4.69, 9.17) is 9.16 Å². The first-order valence-electron chi connectivity index (χ1n) is 9.39. The van der Waals surface area contributed by atoms with Crippen LogP contribution in [-0.2, 0) is 9.16 Å². The summed E-state index contributed by atoms with van der Waals surface area (Å²) in [5.41, 5.74) is 0. The Morgan fingerprint density at radius 1 is 0.880 bits per heavy atom. The van der Waals surface area contributed by atoms with E-state index in [-0.39, 0.29) is 11.1 Å². The zero-order chi connectivity index (χ0) is 17.9. The highest BCUT2D eigenvalue weighted by Crippen LogP contribution is 2.38. The number of hydrogen-bond acceptors (Lipinski definition) is 2. The van der Waals surface area contributed by atoms with Crippen molar-refractivity contribution in [1.29, 1.82) is 0 Å². The summed E-state index contributed by atoms with van der Waals surface area (Å²) in [6.45, 7) is 9.85. The first-order valence-corrected chi connectivity index (χ1v) is 11.3. The van der Waals surface area contributed by atoms with Crippen molar-refractivity contribution in [2.45, 2.75) is 57.8 Å². The highest BCUT2D eigenvalue weighted by atomic mass is 28.4. The molecular formula is C22H30O2Si. The maximum Gasteiger partial charge on any atom is 0.261 e. The largest absolute Gasteiger partial charge is 0.405 e. The molecule has 0 aliphatic carbocycles. The molecule has 0 bridgehead atoms. The van der Waals surface area contributed by atoms with Gasteiger partial charge in [0, 0.05) is 0 Å². The van der Waals surface area contributed by atoms with Crippen LogP contribution in [0.3, 0.4) is 0 Å². The van der Waals surface area contributed by atoms with E-state index >= 15 is 0 Å². The zero-order valence-electron chi connectivity index (χ0n) is 15.9. The average Bonchev–Trinajstić information content (AvgIpc) is 3.35. The summed E-state index contributed by atoms with van der Waals surface area (Å²) in [7, 11) is -2.40. The molecule has 1 fully saturated rings. The van der Waals surface area contributed by atoms with Gasteiger partial charge in [-0.05, 0) is 21.8 Å². The summed E-state index contributed by atoms with van der Waals surface area (Å²) in [5, 5.41) is 2.70. The van der Waals surface area contributed by atoms with Gasteiger partial charge in [-0.15, -0.1) is 0 Å². The van der Waals surface area contributed by atoms with Crippen molar-refractivity contribution in [1.82, 2.24) is 0 Å². The van der Waals surface area contributed by atoms with Crippen LogP contribution in [0.5, 0.6) is 0 Å². The molecule has 134 valence electrons. The Balaban J connectivity index is 1.98. The fourth-order valence-electron chi connectivity index (χ4n) is 3.83. The second-order valence-electron chi connectivity index (χ2n) is 7.98. The van der Waals surface area contributed by atoms with E-state index in [0.29, 0.717) is 12.7 Å². The molecule has 2 nitrogen and oxygen atoms in total. The van der Waals surface area contributed by atoms with Crippen LogP contribution in [0, 0.1) is 0 Å². The molecule has 0 N–H and O–H groups in total. The fourth-order valence-corrected chi connectivity index (χ4v) is 8.40. The van der Waals surface area contributed by atoms with Gasteiger partial charge in [-0.1, -0.05) is 94.8 Å². The highest BCUT2D eigenvalue weighted by Gasteiger charge is 2.51. The Morgan fingerprint density at radius 2 is 1.40 bits per heavy atom. The van der Waals surface area contributed by atoms with Crippen LogP contribution in [0.1, 0.15) is 40.5 Å². The molecule has 1 aliphatic heterocycles. The smallest absolute Gasteiger partial charge is 0.261 e. The lowest BCUT2D eigenvalue weighted by molar-refractivity contribution is 0.247. The van der Waals surface area contributed by atoms with Crippen molar-refractivity contribution in [3.63, 3.8) is 0 Å². The van der Waals surface area contributed by atoms with Crippen molar-refractivity contribution in [2.75, 3.05) is 6.61 Å². The molecular weight excluding hydrogens is 324 g/mol. The van der Waals surface area contributed by atoms with E-state index in [9.17, 15) is 0 Å². The van der Waals surface area contributed by atoms with Crippen LogP contribution in [0.25, 0.3) is 0 Å². The first kappa shape index (κ1) is 18.4. The lowest BCUT2D eigenvalue weighted by atomic mass is 10.2.